The molecule has 0 saturated heterocycles. The summed E-state index contributed by atoms with van der Waals surface area (Å²) in [6, 6.07) is 7.71. The molecule has 0 fully saturated rings. The summed E-state index contributed by atoms with van der Waals surface area (Å²) >= 11 is 0. The van der Waals surface area contributed by atoms with Gasteiger partial charge in [0.2, 0.25) is 5.91 Å². The highest BCUT2D eigenvalue weighted by molar-refractivity contribution is 5.80. The van der Waals surface area contributed by atoms with Gasteiger partial charge in [0.25, 0.3) is 0 Å². The van der Waals surface area contributed by atoms with Gasteiger partial charge in [0.1, 0.15) is 18.8 Å². The third-order valence-corrected chi connectivity index (χ3v) is 3.49. The van der Waals surface area contributed by atoms with Crippen LogP contribution in [0.5, 0.6) is 0 Å². The molecule has 2 atom stereocenters. The van der Waals surface area contributed by atoms with Crippen molar-refractivity contribution in [3.8, 4) is 5.69 Å². The molecular formula is C17H22N4O2. The fourth-order valence-corrected chi connectivity index (χ4v) is 2.08. The number of amides is 1. The topological polar surface area (TPSA) is 69.0 Å². The quantitative estimate of drug-likeness (QED) is 0.600. The van der Waals surface area contributed by atoms with Crippen LogP contribution in [0.15, 0.2) is 49.6 Å². The molecule has 0 bridgehead atoms. The molecule has 6 heteroatoms. The molecule has 0 aliphatic rings. The van der Waals surface area contributed by atoms with Crippen molar-refractivity contribution in [2.45, 2.75) is 32.4 Å². The van der Waals surface area contributed by atoms with Gasteiger partial charge in [0.15, 0.2) is 0 Å². The Labute approximate surface area is 136 Å². The van der Waals surface area contributed by atoms with Gasteiger partial charge in [-0.05, 0) is 38.0 Å². The SMILES string of the molecule is C=CCCO[C@H](C)C(=O)N[C@H](C)c1ccc(-n2cncn2)cc1. The van der Waals surface area contributed by atoms with Gasteiger partial charge in [-0.1, -0.05) is 18.2 Å². The minimum atomic E-state index is -0.480. The van der Waals surface area contributed by atoms with Crippen molar-refractivity contribution in [3.63, 3.8) is 0 Å². The Morgan fingerprint density at radius 3 is 2.74 bits per heavy atom. The molecule has 0 radical (unpaired) electrons. The predicted molar refractivity (Wildman–Crippen MR) is 88.1 cm³/mol. The summed E-state index contributed by atoms with van der Waals surface area (Å²) in [4.78, 5) is 16.0. The molecule has 2 aromatic rings. The minimum Gasteiger partial charge on any atom is -0.368 e. The lowest BCUT2D eigenvalue weighted by molar-refractivity contribution is -0.132. The van der Waals surface area contributed by atoms with E-state index >= 15 is 0 Å². The summed E-state index contributed by atoms with van der Waals surface area (Å²) in [5.74, 6) is -0.123. The van der Waals surface area contributed by atoms with Crippen LogP contribution in [-0.4, -0.2) is 33.4 Å². The number of nitrogens with one attached hydrogen (secondary N) is 1. The second-order valence-corrected chi connectivity index (χ2v) is 5.25. The van der Waals surface area contributed by atoms with Gasteiger partial charge in [-0.25, -0.2) is 9.67 Å². The van der Waals surface area contributed by atoms with Crippen LogP contribution in [0.4, 0.5) is 0 Å². The fourth-order valence-electron chi connectivity index (χ4n) is 2.08. The van der Waals surface area contributed by atoms with Gasteiger partial charge in [0.05, 0.1) is 18.3 Å². The van der Waals surface area contributed by atoms with E-state index in [9.17, 15) is 4.79 Å². The number of nitrogens with zero attached hydrogens (tertiary/aromatic N) is 3. The van der Waals surface area contributed by atoms with E-state index in [1.165, 1.54) is 6.33 Å². The highest BCUT2D eigenvalue weighted by atomic mass is 16.5. The smallest absolute Gasteiger partial charge is 0.249 e. The molecule has 6 nitrogen and oxygen atoms in total. The van der Waals surface area contributed by atoms with E-state index in [-0.39, 0.29) is 11.9 Å². The van der Waals surface area contributed by atoms with Gasteiger partial charge in [-0.2, -0.15) is 5.10 Å². The Hall–Kier alpha value is -2.47. The molecule has 0 unspecified atom stereocenters. The van der Waals surface area contributed by atoms with Crippen molar-refractivity contribution in [1.82, 2.24) is 20.1 Å². The number of aromatic nitrogens is 3. The molecular weight excluding hydrogens is 292 g/mol. The number of carbonyl (C=O) groups excluding carboxylic acids is 1. The Morgan fingerprint density at radius 1 is 1.39 bits per heavy atom. The van der Waals surface area contributed by atoms with Crippen molar-refractivity contribution < 1.29 is 9.53 Å². The van der Waals surface area contributed by atoms with Gasteiger partial charge >= 0.3 is 0 Å². The fraction of sp³-hybridized carbons (Fsp3) is 0.353. The Bertz CT molecular complexity index is 623. The molecule has 1 heterocycles. The Morgan fingerprint density at radius 2 is 2.13 bits per heavy atom. The van der Waals surface area contributed by atoms with E-state index in [0.717, 1.165) is 17.7 Å². The first kappa shape index (κ1) is 16.9. The average Bonchev–Trinajstić information content (AvgIpc) is 3.09. The van der Waals surface area contributed by atoms with Gasteiger partial charge in [-0.15, -0.1) is 6.58 Å². The monoisotopic (exact) mass is 314 g/mol. The highest BCUT2D eigenvalue weighted by Crippen LogP contribution is 2.15. The standard InChI is InChI=1S/C17H22N4O2/c1-4-5-10-23-14(3)17(22)20-13(2)15-6-8-16(9-7-15)21-12-18-11-19-21/h4,6-9,11-14H,1,5,10H2,2-3H3,(H,20,22)/t13-,14-/m1/s1. The maximum atomic E-state index is 12.1. The van der Waals surface area contributed by atoms with Gasteiger partial charge in [-0.3, -0.25) is 4.79 Å². The van der Waals surface area contributed by atoms with Crippen LogP contribution >= 0.6 is 0 Å². The van der Waals surface area contributed by atoms with Gasteiger partial charge in [0, 0.05) is 0 Å². The zero-order chi connectivity index (χ0) is 16.7. The zero-order valence-electron chi connectivity index (χ0n) is 13.5. The minimum absolute atomic E-state index is 0.0993. The van der Waals surface area contributed by atoms with E-state index < -0.39 is 6.10 Å². The van der Waals surface area contributed by atoms with Crippen molar-refractivity contribution in [3.05, 3.63) is 55.1 Å². The molecule has 1 N–H and O–H groups in total. The van der Waals surface area contributed by atoms with Crippen LogP contribution in [-0.2, 0) is 9.53 Å². The summed E-state index contributed by atoms with van der Waals surface area (Å²) < 4.78 is 7.13. The molecule has 1 aromatic carbocycles. The average molecular weight is 314 g/mol. The second kappa shape index (κ2) is 8.24. The van der Waals surface area contributed by atoms with Gasteiger partial charge < -0.3 is 10.1 Å². The Balaban J connectivity index is 1.91. The maximum absolute atomic E-state index is 12.1. The first-order valence-electron chi connectivity index (χ1n) is 7.59. The van der Waals surface area contributed by atoms with Crippen LogP contribution < -0.4 is 5.32 Å². The van der Waals surface area contributed by atoms with Crippen LogP contribution in [0.1, 0.15) is 31.9 Å². The summed E-state index contributed by atoms with van der Waals surface area (Å²) in [7, 11) is 0. The van der Waals surface area contributed by atoms with Crippen molar-refractivity contribution in [2.75, 3.05) is 6.61 Å². The molecule has 0 aliphatic carbocycles. The van der Waals surface area contributed by atoms with E-state index in [1.807, 2.05) is 31.2 Å². The van der Waals surface area contributed by atoms with Crippen LogP contribution in [0, 0.1) is 0 Å². The lowest BCUT2D eigenvalue weighted by Crippen LogP contribution is -2.36. The maximum Gasteiger partial charge on any atom is 0.249 e. The molecule has 0 saturated carbocycles. The number of ether oxygens (including phenoxy) is 1. The number of carbonyl (C=O) groups is 1. The van der Waals surface area contributed by atoms with E-state index in [2.05, 4.69) is 22.0 Å². The van der Waals surface area contributed by atoms with Crippen LogP contribution in [0.25, 0.3) is 5.69 Å². The van der Waals surface area contributed by atoms with E-state index in [4.69, 9.17) is 4.74 Å². The van der Waals surface area contributed by atoms with Crippen molar-refractivity contribution in [2.24, 2.45) is 0 Å². The van der Waals surface area contributed by atoms with Crippen molar-refractivity contribution in [1.29, 1.82) is 0 Å². The summed E-state index contributed by atoms with van der Waals surface area (Å²) in [6.45, 7) is 7.82. The lowest BCUT2D eigenvalue weighted by Gasteiger charge is -2.18. The molecule has 122 valence electrons. The number of hydrogen-bond donors (Lipinski definition) is 1. The molecule has 2 rings (SSSR count). The molecule has 1 amide bonds. The zero-order valence-corrected chi connectivity index (χ0v) is 13.5. The third kappa shape index (κ3) is 4.75. The number of hydrogen-bond acceptors (Lipinski definition) is 4. The largest absolute Gasteiger partial charge is 0.368 e. The number of rotatable bonds is 8. The third-order valence-electron chi connectivity index (χ3n) is 3.49. The number of benzene rings is 1. The van der Waals surface area contributed by atoms with Crippen LogP contribution in [0.3, 0.4) is 0 Å². The molecule has 0 aliphatic heterocycles. The first-order chi connectivity index (χ1) is 11.1. The Kier molecular flexibility index (Phi) is 6.05. The van der Waals surface area contributed by atoms with E-state index in [1.54, 1.807) is 24.0 Å². The normalized spacial score (nSPS) is 13.3. The summed E-state index contributed by atoms with van der Waals surface area (Å²) in [5.41, 5.74) is 1.94. The predicted octanol–water partition coefficient (Wildman–Crippen LogP) is 2.43. The second-order valence-electron chi connectivity index (χ2n) is 5.25. The summed E-state index contributed by atoms with van der Waals surface area (Å²) in [5, 5.41) is 7.03. The van der Waals surface area contributed by atoms with Crippen molar-refractivity contribution >= 4 is 5.91 Å². The molecule has 0 spiro atoms. The first-order valence-corrected chi connectivity index (χ1v) is 7.59. The van der Waals surface area contributed by atoms with E-state index in [0.29, 0.717) is 6.61 Å². The lowest BCUT2D eigenvalue weighted by atomic mass is 10.1. The molecule has 1 aromatic heterocycles. The highest BCUT2D eigenvalue weighted by Gasteiger charge is 2.16. The molecule has 23 heavy (non-hydrogen) atoms. The van der Waals surface area contributed by atoms with Crippen LogP contribution in [0.2, 0.25) is 0 Å². The summed E-state index contributed by atoms with van der Waals surface area (Å²) in [6.07, 6.45) is 5.15.